The van der Waals surface area contributed by atoms with E-state index in [1.54, 1.807) is 14.0 Å². The van der Waals surface area contributed by atoms with Gasteiger partial charge in [0.05, 0.1) is 0 Å². The zero-order valence-corrected chi connectivity index (χ0v) is 8.57. The molecule has 0 amide bonds. The minimum Gasteiger partial charge on any atom is -0.388 e. The molecular formula is C8H9FIN. The normalized spacial score (nSPS) is 9.82. The van der Waals surface area contributed by atoms with Crippen molar-refractivity contribution in [3.63, 3.8) is 0 Å². The first-order chi connectivity index (χ1) is 5.15. The van der Waals surface area contributed by atoms with Crippen molar-refractivity contribution >= 4 is 28.3 Å². The van der Waals surface area contributed by atoms with E-state index >= 15 is 0 Å². The van der Waals surface area contributed by atoms with E-state index in [9.17, 15) is 4.39 Å². The number of anilines is 1. The maximum Gasteiger partial charge on any atom is 0.129 e. The molecule has 1 N–H and O–H groups in total. The molecule has 1 aromatic carbocycles. The number of hydrogen-bond donors (Lipinski definition) is 1. The van der Waals surface area contributed by atoms with Gasteiger partial charge < -0.3 is 5.32 Å². The average molecular weight is 265 g/mol. The summed E-state index contributed by atoms with van der Waals surface area (Å²) in [6, 6.07) is 3.44. The van der Waals surface area contributed by atoms with Crippen molar-refractivity contribution in [2.45, 2.75) is 6.92 Å². The van der Waals surface area contributed by atoms with Crippen LogP contribution in [0.2, 0.25) is 0 Å². The van der Waals surface area contributed by atoms with Gasteiger partial charge >= 0.3 is 0 Å². The van der Waals surface area contributed by atoms with Gasteiger partial charge in [0, 0.05) is 21.9 Å². The molecular weight excluding hydrogens is 256 g/mol. The van der Waals surface area contributed by atoms with Crippen molar-refractivity contribution in [1.82, 2.24) is 0 Å². The van der Waals surface area contributed by atoms with Gasteiger partial charge in [-0.2, -0.15) is 0 Å². The average Bonchev–Trinajstić information content (AvgIpc) is 1.96. The monoisotopic (exact) mass is 265 g/mol. The van der Waals surface area contributed by atoms with Crippen LogP contribution in [0.5, 0.6) is 0 Å². The van der Waals surface area contributed by atoms with Crippen LogP contribution >= 0.6 is 22.6 Å². The van der Waals surface area contributed by atoms with Crippen molar-refractivity contribution in [1.29, 1.82) is 0 Å². The smallest absolute Gasteiger partial charge is 0.129 e. The van der Waals surface area contributed by atoms with E-state index in [0.717, 1.165) is 9.26 Å². The van der Waals surface area contributed by atoms with Crippen LogP contribution in [0.15, 0.2) is 12.1 Å². The van der Waals surface area contributed by atoms with E-state index in [4.69, 9.17) is 0 Å². The maximum atomic E-state index is 13.0. The first-order valence-corrected chi connectivity index (χ1v) is 4.36. The molecule has 0 atom stereocenters. The standard InChI is InChI=1S/C8H9FIN/c1-5-7(9)3-6(10)4-8(5)11-2/h3-4,11H,1-2H3. The molecule has 1 nitrogen and oxygen atoms in total. The van der Waals surface area contributed by atoms with Crippen molar-refractivity contribution < 1.29 is 4.39 Å². The molecule has 0 unspecified atom stereocenters. The zero-order chi connectivity index (χ0) is 8.43. The molecule has 0 bridgehead atoms. The summed E-state index contributed by atoms with van der Waals surface area (Å²) in [7, 11) is 1.79. The molecule has 0 saturated carbocycles. The van der Waals surface area contributed by atoms with Gasteiger partial charge in [-0.3, -0.25) is 0 Å². The predicted molar refractivity (Wildman–Crippen MR) is 53.4 cm³/mol. The Morgan fingerprint density at radius 2 is 2.09 bits per heavy atom. The third-order valence-electron chi connectivity index (χ3n) is 1.58. The van der Waals surface area contributed by atoms with Crippen molar-refractivity contribution in [3.8, 4) is 0 Å². The summed E-state index contributed by atoms with van der Waals surface area (Å²) in [5.74, 6) is -0.152. The van der Waals surface area contributed by atoms with Crippen LogP contribution in [0.3, 0.4) is 0 Å². The molecule has 0 radical (unpaired) electrons. The van der Waals surface area contributed by atoms with Crippen LogP contribution < -0.4 is 5.32 Å². The predicted octanol–water partition coefficient (Wildman–Crippen LogP) is 2.78. The van der Waals surface area contributed by atoms with E-state index in [0.29, 0.717) is 5.56 Å². The number of rotatable bonds is 1. The van der Waals surface area contributed by atoms with Crippen LogP contribution in [-0.2, 0) is 0 Å². The van der Waals surface area contributed by atoms with Gasteiger partial charge in [-0.05, 0) is 41.6 Å². The highest BCUT2D eigenvalue weighted by molar-refractivity contribution is 14.1. The summed E-state index contributed by atoms with van der Waals surface area (Å²) < 4.78 is 13.9. The van der Waals surface area contributed by atoms with E-state index in [1.807, 2.05) is 6.07 Å². The molecule has 0 aromatic heterocycles. The van der Waals surface area contributed by atoms with Gasteiger partial charge in [0.2, 0.25) is 0 Å². The molecule has 3 heteroatoms. The summed E-state index contributed by atoms with van der Waals surface area (Å²) in [5.41, 5.74) is 1.53. The molecule has 11 heavy (non-hydrogen) atoms. The largest absolute Gasteiger partial charge is 0.388 e. The Balaban J connectivity index is 3.24. The molecule has 0 aliphatic heterocycles. The van der Waals surface area contributed by atoms with Crippen molar-refractivity contribution in [2.75, 3.05) is 12.4 Å². The third-order valence-corrected chi connectivity index (χ3v) is 2.20. The summed E-state index contributed by atoms with van der Waals surface area (Å²) in [4.78, 5) is 0. The molecule has 0 fully saturated rings. The minimum absolute atomic E-state index is 0.152. The maximum absolute atomic E-state index is 13.0. The summed E-state index contributed by atoms with van der Waals surface area (Å²) in [5, 5.41) is 2.93. The molecule has 0 aliphatic rings. The fraction of sp³-hybridized carbons (Fsp3) is 0.250. The highest BCUT2D eigenvalue weighted by Gasteiger charge is 2.03. The highest BCUT2D eigenvalue weighted by atomic mass is 127. The van der Waals surface area contributed by atoms with Crippen LogP contribution in [0.1, 0.15) is 5.56 Å². The number of halogens is 2. The Hall–Kier alpha value is -0.320. The van der Waals surface area contributed by atoms with Gasteiger partial charge in [-0.15, -0.1) is 0 Å². The lowest BCUT2D eigenvalue weighted by Crippen LogP contribution is -1.95. The van der Waals surface area contributed by atoms with E-state index in [1.165, 1.54) is 6.07 Å². The number of nitrogens with one attached hydrogen (secondary N) is 1. The Morgan fingerprint density at radius 3 is 2.64 bits per heavy atom. The van der Waals surface area contributed by atoms with Gasteiger partial charge in [-0.25, -0.2) is 4.39 Å². The molecule has 0 aliphatic carbocycles. The van der Waals surface area contributed by atoms with E-state index in [2.05, 4.69) is 27.9 Å². The lowest BCUT2D eigenvalue weighted by molar-refractivity contribution is 0.618. The van der Waals surface area contributed by atoms with Crippen LogP contribution in [-0.4, -0.2) is 7.05 Å². The third kappa shape index (κ3) is 1.83. The van der Waals surface area contributed by atoms with Crippen LogP contribution in [0.25, 0.3) is 0 Å². The van der Waals surface area contributed by atoms with Crippen molar-refractivity contribution in [3.05, 3.63) is 27.1 Å². The molecule has 0 spiro atoms. The molecule has 1 aromatic rings. The van der Waals surface area contributed by atoms with E-state index < -0.39 is 0 Å². The number of hydrogen-bond acceptors (Lipinski definition) is 1. The Kier molecular flexibility index (Phi) is 2.70. The van der Waals surface area contributed by atoms with Gasteiger partial charge in [0.25, 0.3) is 0 Å². The minimum atomic E-state index is -0.152. The van der Waals surface area contributed by atoms with Crippen LogP contribution in [0.4, 0.5) is 10.1 Å². The lowest BCUT2D eigenvalue weighted by Gasteiger charge is -2.05. The molecule has 0 heterocycles. The van der Waals surface area contributed by atoms with Crippen molar-refractivity contribution in [2.24, 2.45) is 0 Å². The Bertz CT molecular complexity index is 273. The summed E-state index contributed by atoms with van der Waals surface area (Å²) in [6.07, 6.45) is 0. The molecule has 1 rings (SSSR count). The topological polar surface area (TPSA) is 12.0 Å². The second kappa shape index (κ2) is 3.38. The lowest BCUT2D eigenvalue weighted by atomic mass is 10.2. The van der Waals surface area contributed by atoms with Gasteiger partial charge in [0.1, 0.15) is 5.82 Å². The van der Waals surface area contributed by atoms with Crippen LogP contribution in [0, 0.1) is 16.3 Å². The first-order valence-electron chi connectivity index (χ1n) is 3.28. The van der Waals surface area contributed by atoms with Gasteiger partial charge in [-0.1, -0.05) is 0 Å². The Morgan fingerprint density at radius 1 is 1.45 bits per heavy atom. The second-order valence-electron chi connectivity index (χ2n) is 2.31. The highest BCUT2D eigenvalue weighted by Crippen LogP contribution is 2.20. The fourth-order valence-corrected chi connectivity index (χ4v) is 1.49. The second-order valence-corrected chi connectivity index (χ2v) is 3.56. The summed E-state index contributed by atoms with van der Waals surface area (Å²) >= 11 is 2.09. The zero-order valence-electron chi connectivity index (χ0n) is 6.41. The first kappa shape index (κ1) is 8.77. The molecule has 60 valence electrons. The quantitative estimate of drug-likeness (QED) is 0.770. The summed E-state index contributed by atoms with van der Waals surface area (Å²) in [6.45, 7) is 1.76. The van der Waals surface area contributed by atoms with E-state index in [-0.39, 0.29) is 5.82 Å². The Labute approximate surface area is 79.1 Å². The molecule has 0 saturated heterocycles. The SMILES string of the molecule is CNc1cc(I)cc(F)c1C. The van der Waals surface area contributed by atoms with Gasteiger partial charge in [0.15, 0.2) is 0 Å². The fourth-order valence-electron chi connectivity index (χ4n) is 0.905. The number of benzene rings is 1.